The molecule has 148 valence electrons. The number of halogens is 2. The number of hydrogen-bond donors (Lipinski definition) is 2. The number of alkyl halides is 2. The van der Waals surface area contributed by atoms with Crippen molar-refractivity contribution in [2.75, 3.05) is 13.7 Å². The van der Waals surface area contributed by atoms with Crippen LogP contribution in [0.25, 0.3) is 0 Å². The standard InChI is InChI=1S/C21H21F2NO4/c1-20(11-27-2)10-13-9-12(7-8-16(13)28-20)19(26)24-17-14-5-3-4-6-15(14)21(22,23)18(17)25/h3-9,17-18,25H,10-11H2,1-2H3,(H,24,26)/t17-,18+,20-/m1/s1. The van der Waals surface area contributed by atoms with Crippen LogP contribution in [0.1, 0.15) is 40.0 Å². The lowest BCUT2D eigenvalue weighted by molar-refractivity contribution is -0.113. The molecule has 0 saturated carbocycles. The molecule has 0 bridgehead atoms. The van der Waals surface area contributed by atoms with Crippen molar-refractivity contribution in [2.24, 2.45) is 0 Å². The molecule has 2 aliphatic rings. The first-order valence-electron chi connectivity index (χ1n) is 9.02. The second kappa shape index (κ2) is 6.53. The van der Waals surface area contributed by atoms with E-state index in [1.54, 1.807) is 31.4 Å². The summed E-state index contributed by atoms with van der Waals surface area (Å²) in [5, 5.41) is 12.7. The van der Waals surface area contributed by atoms with E-state index in [0.717, 1.165) is 5.56 Å². The van der Waals surface area contributed by atoms with E-state index >= 15 is 0 Å². The van der Waals surface area contributed by atoms with Gasteiger partial charge in [-0.3, -0.25) is 4.79 Å². The Labute approximate surface area is 161 Å². The zero-order valence-electron chi connectivity index (χ0n) is 15.5. The van der Waals surface area contributed by atoms with Crippen LogP contribution in [-0.2, 0) is 17.1 Å². The van der Waals surface area contributed by atoms with Gasteiger partial charge in [-0.15, -0.1) is 0 Å². The summed E-state index contributed by atoms with van der Waals surface area (Å²) in [6, 6.07) is 9.65. The lowest BCUT2D eigenvalue weighted by atomic mass is 9.98. The van der Waals surface area contributed by atoms with Crippen LogP contribution in [0.4, 0.5) is 8.78 Å². The molecule has 5 nitrogen and oxygen atoms in total. The molecule has 1 amide bonds. The number of carbonyl (C=O) groups is 1. The fraction of sp³-hybridized carbons (Fsp3) is 0.381. The molecule has 1 aliphatic carbocycles. The number of aliphatic hydroxyl groups excluding tert-OH is 1. The quantitative estimate of drug-likeness (QED) is 0.844. The Morgan fingerprint density at radius 1 is 1.32 bits per heavy atom. The van der Waals surface area contributed by atoms with Gasteiger partial charge in [0.25, 0.3) is 5.91 Å². The monoisotopic (exact) mass is 389 g/mol. The van der Waals surface area contributed by atoms with Crippen molar-refractivity contribution in [3.8, 4) is 5.75 Å². The summed E-state index contributed by atoms with van der Waals surface area (Å²) in [6.45, 7) is 2.33. The van der Waals surface area contributed by atoms with Gasteiger partial charge in [0.1, 0.15) is 17.5 Å². The van der Waals surface area contributed by atoms with Crippen molar-refractivity contribution in [3.05, 3.63) is 64.7 Å². The summed E-state index contributed by atoms with van der Waals surface area (Å²) in [6.07, 6.45) is -1.44. The Morgan fingerprint density at radius 3 is 2.82 bits per heavy atom. The molecule has 0 fully saturated rings. The third kappa shape index (κ3) is 2.95. The van der Waals surface area contributed by atoms with Gasteiger partial charge in [0.15, 0.2) is 0 Å². The van der Waals surface area contributed by atoms with Crippen molar-refractivity contribution in [2.45, 2.75) is 37.0 Å². The van der Waals surface area contributed by atoms with Crippen LogP contribution in [0.5, 0.6) is 5.75 Å². The van der Waals surface area contributed by atoms with E-state index in [4.69, 9.17) is 9.47 Å². The first-order chi connectivity index (χ1) is 13.2. The third-order valence-electron chi connectivity index (χ3n) is 5.32. The summed E-state index contributed by atoms with van der Waals surface area (Å²) >= 11 is 0. The van der Waals surface area contributed by atoms with Gasteiger partial charge >= 0.3 is 5.92 Å². The molecule has 7 heteroatoms. The van der Waals surface area contributed by atoms with Gasteiger partial charge in [-0.2, -0.15) is 8.78 Å². The first kappa shape index (κ1) is 18.8. The van der Waals surface area contributed by atoms with Crippen LogP contribution in [0.3, 0.4) is 0 Å². The van der Waals surface area contributed by atoms with E-state index < -0.39 is 29.6 Å². The summed E-state index contributed by atoms with van der Waals surface area (Å²) in [5.74, 6) is -3.27. The van der Waals surface area contributed by atoms with Crippen molar-refractivity contribution in [1.29, 1.82) is 0 Å². The Bertz CT molecular complexity index is 932. The Hall–Kier alpha value is -2.51. The van der Waals surface area contributed by atoms with Crippen LogP contribution < -0.4 is 10.1 Å². The fourth-order valence-corrected chi connectivity index (χ4v) is 4.04. The molecular formula is C21H21F2NO4. The van der Waals surface area contributed by atoms with Gasteiger partial charge in [-0.05, 0) is 36.2 Å². The predicted molar refractivity (Wildman–Crippen MR) is 97.6 cm³/mol. The smallest absolute Gasteiger partial charge is 0.301 e. The minimum Gasteiger partial charge on any atom is -0.485 e. The van der Waals surface area contributed by atoms with Crippen molar-refractivity contribution < 1.29 is 28.2 Å². The minimum absolute atomic E-state index is 0.227. The summed E-state index contributed by atoms with van der Waals surface area (Å²) in [4.78, 5) is 12.7. The molecule has 1 aliphatic heterocycles. The molecule has 2 aromatic rings. The average molecular weight is 389 g/mol. The topological polar surface area (TPSA) is 67.8 Å². The number of ether oxygens (including phenoxy) is 2. The molecule has 2 N–H and O–H groups in total. The predicted octanol–water partition coefficient (Wildman–Crippen LogP) is 2.96. The van der Waals surface area contributed by atoms with E-state index in [1.165, 1.54) is 18.2 Å². The zero-order chi connectivity index (χ0) is 20.1. The van der Waals surface area contributed by atoms with E-state index in [2.05, 4.69) is 5.32 Å². The van der Waals surface area contributed by atoms with Crippen LogP contribution in [0.2, 0.25) is 0 Å². The number of fused-ring (bicyclic) bond motifs is 2. The largest absolute Gasteiger partial charge is 0.485 e. The van der Waals surface area contributed by atoms with Crippen molar-refractivity contribution in [1.82, 2.24) is 5.32 Å². The number of methoxy groups -OCH3 is 1. The molecule has 2 aromatic carbocycles. The lowest BCUT2D eigenvalue weighted by Gasteiger charge is -2.22. The Morgan fingerprint density at radius 2 is 2.07 bits per heavy atom. The fourth-order valence-electron chi connectivity index (χ4n) is 4.04. The maximum atomic E-state index is 14.3. The summed E-state index contributed by atoms with van der Waals surface area (Å²) in [5.41, 5.74) is 0.638. The molecule has 0 saturated heterocycles. The normalized spacial score (nSPS) is 27.0. The molecule has 0 aromatic heterocycles. The summed E-state index contributed by atoms with van der Waals surface area (Å²) in [7, 11) is 1.59. The SMILES string of the molecule is COC[C@@]1(C)Cc2cc(C(=O)N[C@@H]3c4ccccc4C(F)(F)[C@H]3O)ccc2O1. The van der Waals surface area contributed by atoms with E-state index in [1.807, 2.05) is 6.92 Å². The second-order valence-corrected chi connectivity index (χ2v) is 7.59. The average Bonchev–Trinajstić information content (AvgIpc) is 3.08. The number of benzene rings is 2. The van der Waals surface area contributed by atoms with Gasteiger partial charge < -0.3 is 19.9 Å². The maximum Gasteiger partial charge on any atom is 0.301 e. The highest BCUT2D eigenvalue weighted by Crippen LogP contribution is 2.47. The minimum atomic E-state index is -3.41. The molecule has 0 radical (unpaired) electrons. The maximum absolute atomic E-state index is 14.3. The highest BCUT2D eigenvalue weighted by Gasteiger charge is 2.54. The van der Waals surface area contributed by atoms with E-state index in [9.17, 15) is 18.7 Å². The van der Waals surface area contributed by atoms with Gasteiger partial charge in [0.05, 0.1) is 12.6 Å². The number of nitrogens with one attached hydrogen (secondary N) is 1. The van der Waals surface area contributed by atoms with Gasteiger partial charge in [0, 0.05) is 24.7 Å². The van der Waals surface area contributed by atoms with Gasteiger partial charge in [-0.1, -0.05) is 24.3 Å². The molecule has 4 rings (SSSR count). The molecular weight excluding hydrogens is 368 g/mol. The molecule has 0 unspecified atom stereocenters. The van der Waals surface area contributed by atoms with Crippen molar-refractivity contribution in [3.63, 3.8) is 0 Å². The number of amides is 1. The highest BCUT2D eigenvalue weighted by atomic mass is 19.3. The van der Waals surface area contributed by atoms with Crippen molar-refractivity contribution >= 4 is 5.91 Å². The second-order valence-electron chi connectivity index (χ2n) is 7.59. The first-order valence-corrected chi connectivity index (χ1v) is 9.02. The van der Waals surface area contributed by atoms with Gasteiger partial charge in [-0.25, -0.2) is 0 Å². The molecule has 1 heterocycles. The van der Waals surface area contributed by atoms with Crippen LogP contribution in [0.15, 0.2) is 42.5 Å². The van der Waals surface area contributed by atoms with Gasteiger partial charge in [0.2, 0.25) is 0 Å². The van der Waals surface area contributed by atoms with E-state index in [0.29, 0.717) is 24.3 Å². The number of aliphatic hydroxyl groups is 1. The zero-order valence-corrected chi connectivity index (χ0v) is 15.5. The highest BCUT2D eigenvalue weighted by molar-refractivity contribution is 5.95. The third-order valence-corrected chi connectivity index (χ3v) is 5.32. The van der Waals surface area contributed by atoms with E-state index in [-0.39, 0.29) is 11.1 Å². The number of carbonyl (C=O) groups excluding carboxylic acids is 1. The van der Waals surface area contributed by atoms with Crippen LogP contribution in [-0.4, -0.2) is 36.4 Å². The Kier molecular flexibility index (Phi) is 4.39. The summed E-state index contributed by atoms with van der Waals surface area (Å²) < 4.78 is 39.8. The Balaban J connectivity index is 1.56. The molecule has 28 heavy (non-hydrogen) atoms. The number of hydrogen-bond acceptors (Lipinski definition) is 4. The molecule has 3 atom stereocenters. The van der Waals surface area contributed by atoms with Crippen LogP contribution >= 0.6 is 0 Å². The van der Waals surface area contributed by atoms with Crippen LogP contribution in [0, 0.1) is 0 Å². The lowest BCUT2D eigenvalue weighted by Crippen LogP contribution is -2.38. The number of rotatable bonds is 4. The molecule has 0 spiro atoms.